The van der Waals surface area contributed by atoms with Gasteiger partial charge in [-0.2, -0.15) is 0 Å². The summed E-state index contributed by atoms with van der Waals surface area (Å²) in [7, 11) is 0. The van der Waals surface area contributed by atoms with Crippen LogP contribution in [0, 0.1) is 0 Å². The zero-order chi connectivity index (χ0) is 11.8. The Hall–Kier alpha value is -0.280. The maximum Gasteiger partial charge on any atom is 0.0967 e. The molecule has 0 aromatic heterocycles. The lowest BCUT2D eigenvalue weighted by molar-refractivity contribution is -0.0268. The van der Waals surface area contributed by atoms with Crippen LogP contribution in [0.15, 0.2) is 18.2 Å². The van der Waals surface area contributed by atoms with Crippen molar-refractivity contribution in [3.63, 3.8) is 0 Å². The normalized spacial score (nSPS) is 29.6. The Labute approximate surface area is 105 Å². The van der Waals surface area contributed by atoms with Crippen molar-refractivity contribution >= 4 is 23.2 Å². The molecular weight excluding hydrogens is 247 g/mol. The first-order chi connectivity index (χ1) is 7.53. The lowest BCUT2D eigenvalue weighted by Gasteiger charge is -2.26. The van der Waals surface area contributed by atoms with Gasteiger partial charge in [-0.25, -0.2) is 0 Å². The number of aliphatic hydroxyl groups is 1. The summed E-state index contributed by atoms with van der Waals surface area (Å²) in [5.74, 6) is 0. The number of ether oxygens (including phenoxy) is 1. The molecule has 1 N–H and O–H groups in total. The zero-order valence-electron chi connectivity index (χ0n) is 9.04. The molecule has 0 radical (unpaired) electrons. The largest absolute Gasteiger partial charge is 0.387 e. The third kappa shape index (κ3) is 2.21. The summed E-state index contributed by atoms with van der Waals surface area (Å²) in [5, 5.41) is 11.4. The minimum atomic E-state index is -0.825. The summed E-state index contributed by atoms with van der Waals surface area (Å²) < 4.78 is 5.38. The van der Waals surface area contributed by atoms with Crippen LogP contribution >= 0.6 is 23.2 Å². The van der Waals surface area contributed by atoms with Crippen LogP contribution in [0.3, 0.4) is 0 Å². The molecular formula is C12H14Cl2O2. The summed E-state index contributed by atoms with van der Waals surface area (Å²) in [6, 6.07) is 5.47. The van der Waals surface area contributed by atoms with Crippen molar-refractivity contribution in [1.82, 2.24) is 0 Å². The Morgan fingerprint density at radius 2 is 2.25 bits per heavy atom. The lowest BCUT2D eigenvalue weighted by Crippen LogP contribution is -2.38. The number of halogens is 2. The number of hydrogen-bond donors (Lipinski definition) is 1. The van der Waals surface area contributed by atoms with E-state index in [1.165, 1.54) is 0 Å². The Kier molecular flexibility index (Phi) is 3.45. The minimum Gasteiger partial charge on any atom is -0.387 e. The highest BCUT2D eigenvalue weighted by molar-refractivity contribution is 6.42. The van der Waals surface area contributed by atoms with Gasteiger partial charge in [0.1, 0.15) is 0 Å². The first-order valence-corrected chi connectivity index (χ1v) is 6.05. The van der Waals surface area contributed by atoms with Gasteiger partial charge in [0.15, 0.2) is 0 Å². The molecule has 1 aliphatic heterocycles. The Morgan fingerprint density at radius 3 is 2.88 bits per heavy atom. The van der Waals surface area contributed by atoms with Gasteiger partial charge in [0.25, 0.3) is 0 Å². The highest BCUT2D eigenvalue weighted by atomic mass is 35.5. The van der Waals surface area contributed by atoms with Crippen LogP contribution in [0.1, 0.15) is 18.9 Å². The molecule has 16 heavy (non-hydrogen) atoms. The van der Waals surface area contributed by atoms with Gasteiger partial charge in [-0.1, -0.05) is 35.3 Å². The van der Waals surface area contributed by atoms with Gasteiger partial charge in [0.2, 0.25) is 0 Å². The molecule has 0 bridgehead atoms. The molecule has 1 aliphatic rings. The zero-order valence-corrected chi connectivity index (χ0v) is 10.6. The lowest BCUT2D eigenvalue weighted by atomic mass is 9.89. The molecule has 1 heterocycles. The van der Waals surface area contributed by atoms with E-state index < -0.39 is 5.60 Å². The van der Waals surface area contributed by atoms with Crippen molar-refractivity contribution in [2.75, 3.05) is 6.61 Å². The van der Waals surface area contributed by atoms with Crippen LogP contribution in [0.4, 0.5) is 0 Å². The predicted molar refractivity (Wildman–Crippen MR) is 65.1 cm³/mol. The molecule has 2 rings (SSSR count). The topological polar surface area (TPSA) is 29.5 Å². The molecule has 2 unspecified atom stereocenters. The second kappa shape index (κ2) is 4.53. The Morgan fingerprint density at radius 1 is 1.50 bits per heavy atom. The molecule has 88 valence electrons. The molecule has 4 heteroatoms. The number of rotatable bonds is 2. The highest BCUT2D eigenvalue weighted by Crippen LogP contribution is 2.33. The van der Waals surface area contributed by atoms with E-state index in [4.69, 9.17) is 27.9 Å². The van der Waals surface area contributed by atoms with E-state index in [1.54, 1.807) is 6.07 Å². The van der Waals surface area contributed by atoms with E-state index in [0.29, 0.717) is 29.5 Å². The van der Waals surface area contributed by atoms with E-state index >= 15 is 0 Å². The third-order valence-corrected chi connectivity index (χ3v) is 4.05. The first-order valence-electron chi connectivity index (χ1n) is 5.30. The standard InChI is InChI=1S/C12H14Cl2O2/c1-8-12(15,5-6-16-8)7-9-3-2-4-10(13)11(9)14/h2-4,8,15H,5-7H2,1H3. The molecule has 0 aliphatic carbocycles. The van der Waals surface area contributed by atoms with E-state index in [2.05, 4.69) is 0 Å². The van der Waals surface area contributed by atoms with Gasteiger partial charge in [-0.05, 0) is 18.6 Å². The van der Waals surface area contributed by atoms with Gasteiger partial charge in [-0.15, -0.1) is 0 Å². The Bertz CT molecular complexity index is 395. The maximum atomic E-state index is 10.4. The molecule has 1 aromatic rings. The molecule has 0 saturated carbocycles. The van der Waals surface area contributed by atoms with Crippen molar-refractivity contribution in [2.24, 2.45) is 0 Å². The quantitative estimate of drug-likeness (QED) is 0.886. The van der Waals surface area contributed by atoms with Crippen LogP contribution in [0.5, 0.6) is 0 Å². The fourth-order valence-corrected chi connectivity index (χ4v) is 2.40. The minimum absolute atomic E-state index is 0.164. The number of benzene rings is 1. The summed E-state index contributed by atoms with van der Waals surface area (Å²) in [4.78, 5) is 0. The third-order valence-electron chi connectivity index (χ3n) is 3.19. The highest BCUT2D eigenvalue weighted by Gasteiger charge is 2.39. The monoisotopic (exact) mass is 260 g/mol. The SMILES string of the molecule is CC1OCCC1(O)Cc1cccc(Cl)c1Cl. The second-order valence-corrected chi connectivity index (χ2v) is 5.04. The van der Waals surface area contributed by atoms with Crippen LogP contribution in [0.2, 0.25) is 10.0 Å². The summed E-state index contributed by atoms with van der Waals surface area (Å²) in [6.07, 6.45) is 0.951. The van der Waals surface area contributed by atoms with Crippen molar-refractivity contribution in [3.8, 4) is 0 Å². The molecule has 1 fully saturated rings. The van der Waals surface area contributed by atoms with Gasteiger partial charge < -0.3 is 9.84 Å². The fraction of sp³-hybridized carbons (Fsp3) is 0.500. The van der Waals surface area contributed by atoms with E-state index in [0.717, 1.165) is 5.56 Å². The van der Waals surface area contributed by atoms with Gasteiger partial charge in [-0.3, -0.25) is 0 Å². The maximum absolute atomic E-state index is 10.4. The second-order valence-electron chi connectivity index (χ2n) is 4.26. The number of hydrogen-bond acceptors (Lipinski definition) is 2. The Balaban J connectivity index is 2.24. The molecule has 1 aromatic carbocycles. The van der Waals surface area contributed by atoms with Gasteiger partial charge in [0, 0.05) is 19.4 Å². The average Bonchev–Trinajstić information content (AvgIpc) is 2.55. The molecule has 2 nitrogen and oxygen atoms in total. The molecule has 0 spiro atoms. The summed E-state index contributed by atoms with van der Waals surface area (Å²) >= 11 is 12.0. The van der Waals surface area contributed by atoms with Crippen LogP contribution in [-0.4, -0.2) is 23.4 Å². The summed E-state index contributed by atoms with van der Waals surface area (Å²) in [6.45, 7) is 2.47. The average molecular weight is 261 g/mol. The smallest absolute Gasteiger partial charge is 0.0967 e. The van der Waals surface area contributed by atoms with Crippen molar-refractivity contribution in [3.05, 3.63) is 33.8 Å². The molecule has 1 saturated heterocycles. The van der Waals surface area contributed by atoms with Crippen molar-refractivity contribution < 1.29 is 9.84 Å². The first kappa shape index (κ1) is 12.2. The molecule has 2 atom stereocenters. The fourth-order valence-electron chi connectivity index (χ4n) is 2.02. The van der Waals surface area contributed by atoms with Crippen LogP contribution in [-0.2, 0) is 11.2 Å². The van der Waals surface area contributed by atoms with Gasteiger partial charge in [0.05, 0.1) is 21.8 Å². The van der Waals surface area contributed by atoms with Crippen molar-refractivity contribution in [1.29, 1.82) is 0 Å². The van der Waals surface area contributed by atoms with E-state index in [-0.39, 0.29) is 6.10 Å². The summed E-state index contributed by atoms with van der Waals surface area (Å²) in [5.41, 5.74) is 0.0444. The van der Waals surface area contributed by atoms with E-state index in [9.17, 15) is 5.11 Å². The van der Waals surface area contributed by atoms with Crippen LogP contribution in [0.25, 0.3) is 0 Å². The van der Waals surface area contributed by atoms with Crippen LogP contribution < -0.4 is 0 Å². The van der Waals surface area contributed by atoms with E-state index in [1.807, 2.05) is 19.1 Å². The molecule has 0 amide bonds. The van der Waals surface area contributed by atoms with Gasteiger partial charge >= 0.3 is 0 Å². The van der Waals surface area contributed by atoms with Crippen molar-refractivity contribution in [2.45, 2.75) is 31.5 Å². The predicted octanol–water partition coefficient (Wildman–Crippen LogP) is 3.08.